The fourth-order valence-electron chi connectivity index (χ4n) is 3.83. The Balaban J connectivity index is 1.67. The molecule has 0 unspecified atom stereocenters. The highest BCUT2D eigenvalue weighted by molar-refractivity contribution is 7.87. The predicted octanol–water partition coefficient (Wildman–Crippen LogP) is 3.11. The van der Waals surface area contributed by atoms with Crippen LogP contribution in [-0.2, 0) is 10.2 Å². The Labute approximate surface area is 189 Å². The molecule has 0 bridgehead atoms. The summed E-state index contributed by atoms with van der Waals surface area (Å²) in [4.78, 5) is 23.1. The SMILES string of the molecule is CCN(C(=O)O)S(=O)(=O)N1CC=C(c2cc3c(-c4cc(F)ccc4OC)ncnc3[nH]2)CC1. The average molecular weight is 476 g/mol. The molecule has 1 aliphatic rings. The first kappa shape index (κ1) is 22.7. The predicted molar refractivity (Wildman–Crippen MR) is 119 cm³/mol. The van der Waals surface area contributed by atoms with Crippen LogP contribution in [0.4, 0.5) is 9.18 Å². The van der Waals surface area contributed by atoms with Crippen LogP contribution in [0.3, 0.4) is 0 Å². The number of aromatic amines is 1. The second-order valence-corrected chi connectivity index (χ2v) is 9.16. The Morgan fingerprint density at radius 2 is 2.12 bits per heavy atom. The summed E-state index contributed by atoms with van der Waals surface area (Å²) in [5.41, 5.74) is 3.11. The normalized spacial score (nSPS) is 14.8. The molecule has 0 spiro atoms. The van der Waals surface area contributed by atoms with Crippen molar-refractivity contribution in [1.82, 2.24) is 23.6 Å². The fourth-order valence-corrected chi connectivity index (χ4v) is 5.22. The highest BCUT2D eigenvalue weighted by Gasteiger charge is 2.33. The lowest BCUT2D eigenvalue weighted by Crippen LogP contribution is -2.47. The van der Waals surface area contributed by atoms with Crippen molar-refractivity contribution in [3.05, 3.63) is 48.2 Å². The van der Waals surface area contributed by atoms with E-state index < -0.39 is 22.1 Å². The largest absolute Gasteiger partial charge is 0.496 e. The molecule has 3 heterocycles. The highest BCUT2D eigenvalue weighted by atomic mass is 32.2. The first-order chi connectivity index (χ1) is 15.8. The molecular weight excluding hydrogens is 453 g/mol. The molecule has 0 atom stereocenters. The van der Waals surface area contributed by atoms with E-state index in [-0.39, 0.29) is 19.6 Å². The second-order valence-electron chi connectivity index (χ2n) is 7.30. The van der Waals surface area contributed by atoms with Gasteiger partial charge in [-0.25, -0.2) is 19.2 Å². The van der Waals surface area contributed by atoms with Gasteiger partial charge in [-0.1, -0.05) is 6.08 Å². The van der Waals surface area contributed by atoms with Crippen LogP contribution < -0.4 is 4.74 Å². The summed E-state index contributed by atoms with van der Waals surface area (Å²) in [5, 5.41) is 9.84. The van der Waals surface area contributed by atoms with Crippen molar-refractivity contribution >= 4 is 32.9 Å². The molecule has 0 saturated heterocycles. The number of carbonyl (C=O) groups is 1. The lowest BCUT2D eigenvalue weighted by Gasteiger charge is -2.29. The van der Waals surface area contributed by atoms with Crippen LogP contribution >= 0.6 is 0 Å². The van der Waals surface area contributed by atoms with Gasteiger partial charge in [-0.3, -0.25) is 0 Å². The standard InChI is InChI=1S/C21H22FN5O5S/c1-3-27(21(28)29)33(30,31)26-8-6-13(7-9-26)17-11-16-19(23-12-24-20(16)25-17)15-10-14(22)4-5-18(15)32-2/h4-6,10-12H,3,7-9H2,1-2H3,(H,28,29)(H,23,24,25). The Morgan fingerprint density at radius 3 is 2.76 bits per heavy atom. The van der Waals surface area contributed by atoms with Gasteiger partial charge in [-0.05, 0) is 43.2 Å². The number of amides is 1. The number of carboxylic acid groups (broad SMARTS) is 1. The quantitative estimate of drug-likeness (QED) is 0.560. The van der Waals surface area contributed by atoms with Gasteiger partial charge in [0.05, 0.1) is 12.8 Å². The van der Waals surface area contributed by atoms with Gasteiger partial charge in [0.1, 0.15) is 23.5 Å². The van der Waals surface area contributed by atoms with E-state index in [0.717, 1.165) is 15.6 Å². The summed E-state index contributed by atoms with van der Waals surface area (Å²) in [5.74, 6) is 0.0443. The van der Waals surface area contributed by atoms with Gasteiger partial charge < -0.3 is 14.8 Å². The van der Waals surface area contributed by atoms with Crippen molar-refractivity contribution in [1.29, 1.82) is 0 Å². The molecule has 2 aromatic heterocycles. The fraction of sp³-hybridized carbons (Fsp3) is 0.286. The van der Waals surface area contributed by atoms with E-state index in [9.17, 15) is 22.7 Å². The highest BCUT2D eigenvalue weighted by Crippen LogP contribution is 2.35. The number of fused-ring (bicyclic) bond motifs is 1. The van der Waals surface area contributed by atoms with E-state index in [2.05, 4.69) is 15.0 Å². The molecule has 1 amide bonds. The minimum atomic E-state index is -4.12. The van der Waals surface area contributed by atoms with Crippen molar-refractivity contribution in [3.63, 3.8) is 0 Å². The van der Waals surface area contributed by atoms with Crippen LogP contribution in [0.15, 0.2) is 36.7 Å². The molecule has 2 N–H and O–H groups in total. The van der Waals surface area contributed by atoms with Crippen LogP contribution in [0.1, 0.15) is 19.0 Å². The maximum absolute atomic E-state index is 13.9. The Kier molecular flexibility index (Phi) is 6.04. The van der Waals surface area contributed by atoms with E-state index in [1.807, 2.05) is 6.07 Å². The number of nitrogens with zero attached hydrogens (tertiary/aromatic N) is 4. The zero-order valence-electron chi connectivity index (χ0n) is 17.9. The van der Waals surface area contributed by atoms with E-state index in [1.54, 1.807) is 6.08 Å². The number of halogens is 1. The molecule has 0 aliphatic carbocycles. The first-order valence-corrected chi connectivity index (χ1v) is 11.5. The van der Waals surface area contributed by atoms with Crippen LogP contribution in [0, 0.1) is 5.82 Å². The van der Waals surface area contributed by atoms with Gasteiger partial charge in [-0.2, -0.15) is 17.0 Å². The average Bonchev–Trinajstić information content (AvgIpc) is 3.23. The number of benzene rings is 1. The molecule has 12 heteroatoms. The van der Waals surface area contributed by atoms with Gasteiger partial charge in [0.2, 0.25) is 0 Å². The van der Waals surface area contributed by atoms with Gasteiger partial charge in [0.15, 0.2) is 0 Å². The summed E-state index contributed by atoms with van der Waals surface area (Å²) in [7, 11) is -2.62. The summed E-state index contributed by atoms with van der Waals surface area (Å²) < 4.78 is 46.0. The molecule has 4 rings (SSSR count). The maximum atomic E-state index is 13.9. The van der Waals surface area contributed by atoms with Crippen molar-refractivity contribution in [2.24, 2.45) is 0 Å². The second kappa shape index (κ2) is 8.79. The third-order valence-corrected chi connectivity index (χ3v) is 7.42. The number of methoxy groups -OCH3 is 1. The molecular formula is C21H22FN5O5S. The Bertz CT molecular complexity index is 1350. The van der Waals surface area contributed by atoms with Crippen LogP contribution in [-0.4, -0.2) is 69.9 Å². The first-order valence-electron chi connectivity index (χ1n) is 10.1. The third kappa shape index (κ3) is 4.14. The lowest BCUT2D eigenvalue weighted by molar-refractivity contribution is 0.171. The van der Waals surface area contributed by atoms with Gasteiger partial charge in [-0.15, -0.1) is 0 Å². The Morgan fingerprint density at radius 1 is 1.33 bits per heavy atom. The van der Waals surface area contributed by atoms with Crippen molar-refractivity contribution in [2.45, 2.75) is 13.3 Å². The van der Waals surface area contributed by atoms with E-state index in [4.69, 9.17) is 4.74 Å². The molecule has 0 saturated carbocycles. The molecule has 0 fully saturated rings. The number of nitrogens with one attached hydrogen (secondary N) is 1. The van der Waals surface area contributed by atoms with Crippen molar-refractivity contribution < 1.29 is 27.4 Å². The molecule has 3 aromatic rings. The molecule has 10 nitrogen and oxygen atoms in total. The smallest absolute Gasteiger partial charge is 0.422 e. The zero-order chi connectivity index (χ0) is 23.8. The topological polar surface area (TPSA) is 129 Å². The number of H-pyrrole nitrogens is 1. The minimum absolute atomic E-state index is 0.0348. The van der Waals surface area contributed by atoms with E-state index in [0.29, 0.717) is 38.8 Å². The van der Waals surface area contributed by atoms with E-state index in [1.165, 1.54) is 38.6 Å². The number of ether oxygens (including phenoxy) is 1. The van der Waals surface area contributed by atoms with Crippen LogP contribution in [0.2, 0.25) is 0 Å². The number of aromatic nitrogens is 3. The van der Waals surface area contributed by atoms with Crippen molar-refractivity contribution in [3.8, 4) is 17.0 Å². The number of rotatable bonds is 6. The van der Waals surface area contributed by atoms with Gasteiger partial charge >= 0.3 is 16.3 Å². The Hall–Kier alpha value is -3.51. The molecule has 1 aliphatic heterocycles. The maximum Gasteiger partial charge on any atom is 0.422 e. The lowest BCUT2D eigenvalue weighted by atomic mass is 10.0. The number of hydrogen-bond acceptors (Lipinski definition) is 6. The summed E-state index contributed by atoms with van der Waals surface area (Å²) in [6, 6.07) is 6.01. The molecule has 33 heavy (non-hydrogen) atoms. The van der Waals surface area contributed by atoms with E-state index >= 15 is 0 Å². The summed E-state index contributed by atoms with van der Waals surface area (Å²) in [6.07, 6.45) is 1.96. The molecule has 0 radical (unpaired) electrons. The number of hydrogen-bond donors (Lipinski definition) is 2. The summed E-state index contributed by atoms with van der Waals surface area (Å²) in [6.45, 7) is 1.46. The molecule has 1 aromatic carbocycles. The monoisotopic (exact) mass is 475 g/mol. The van der Waals surface area contributed by atoms with Crippen molar-refractivity contribution in [2.75, 3.05) is 26.7 Å². The van der Waals surface area contributed by atoms with Crippen LogP contribution in [0.5, 0.6) is 5.75 Å². The third-order valence-electron chi connectivity index (χ3n) is 5.47. The zero-order valence-corrected chi connectivity index (χ0v) is 18.8. The van der Waals surface area contributed by atoms with Gasteiger partial charge in [0, 0.05) is 36.3 Å². The van der Waals surface area contributed by atoms with Crippen LogP contribution in [0.25, 0.3) is 27.9 Å². The summed E-state index contributed by atoms with van der Waals surface area (Å²) >= 11 is 0. The minimum Gasteiger partial charge on any atom is -0.496 e. The molecule has 174 valence electrons. The van der Waals surface area contributed by atoms with Gasteiger partial charge in [0.25, 0.3) is 0 Å².